The molecule has 2 amide bonds. The van der Waals surface area contributed by atoms with Crippen molar-refractivity contribution in [3.8, 4) is 5.75 Å². The first-order valence-electron chi connectivity index (χ1n) is 14.0. The van der Waals surface area contributed by atoms with Crippen molar-refractivity contribution in [1.29, 1.82) is 0 Å². The van der Waals surface area contributed by atoms with Gasteiger partial charge >= 0.3 is 0 Å². The van der Waals surface area contributed by atoms with E-state index in [4.69, 9.17) is 16.3 Å². The Bertz CT molecular complexity index is 1430. The molecule has 0 aliphatic carbocycles. The number of piperazine rings is 2. The smallest absolute Gasteiger partial charge is 0.244 e. The average Bonchev–Trinajstić information content (AvgIpc) is 2.93. The van der Waals surface area contributed by atoms with Gasteiger partial charge in [-0.2, -0.15) is 4.31 Å². The minimum absolute atomic E-state index is 0.0727. The maximum atomic E-state index is 13.7. The highest BCUT2D eigenvalue weighted by molar-refractivity contribution is 7.89. The number of carbonyl (C=O) groups is 2. The van der Waals surface area contributed by atoms with E-state index in [2.05, 4.69) is 33.5 Å². The van der Waals surface area contributed by atoms with Crippen molar-refractivity contribution in [2.24, 2.45) is 0 Å². The normalized spacial score (nSPS) is 22.5. The number of fused-ring (bicyclic) bond motifs is 1. The minimum atomic E-state index is -4.05. The molecule has 0 bridgehead atoms. The molecule has 0 saturated carbocycles. The van der Waals surface area contributed by atoms with E-state index >= 15 is 0 Å². The molecule has 3 aliphatic heterocycles. The molecule has 0 unspecified atom stereocenters. The maximum Gasteiger partial charge on any atom is 0.244 e. The maximum absolute atomic E-state index is 13.7. The minimum Gasteiger partial charge on any atom is -0.493 e. The van der Waals surface area contributed by atoms with Gasteiger partial charge in [-0.15, -0.1) is 0 Å². The average molecular weight is 604 g/mol. The topological polar surface area (TPSA) is 111 Å². The van der Waals surface area contributed by atoms with Crippen LogP contribution < -0.4 is 15.4 Å². The van der Waals surface area contributed by atoms with Crippen LogP contribution in [0.25, 0.3) is 0 Å². The lowest BCUT2D eigenvalue weighted by Gasteiger charge is -2.35. The number of hydrogen-bond donors (Lipinski definition) is 2. The highest BCUT2D eigenvalue weighted by Gasteiger charge is 2.40. The van der Waals surface area contributed by atoms with E-state index in [-0.39, 0.29) is 30.4 Å². The molecule has 2 N–H and O–H groups in total. The van der Waals surface area contributed by atoms with Gasteiger partial charge in [-0.3, -0.25) is 14.5 Å². The van der Waals surface area contributed by atoms with Crippen LogP contribution in [0, 0.1) is 13.8 Å². The van der Waals surface area contributed by atoms with Crippen molar-refractivity contribution in [1.82, 2.24) is 24.7 Å². The number of carbonyl (C=O) groups excluding carboxylic acids is 2. The Balaban J connectivity index is 1.29. The molecule has 0 spiro atoms. The molecule has 3 aliphatic rings. The molecule has 0 radical (unpaired) electrons. The van der Waals surface area contributed by atoms with Gasteiger partial charge in [0.2, 0.25) is 21.8 Å². The Morgan fingerprint density at radius 3 is 2.61 bits per heavy atom. The molecular formula is C29H38ClN5O5S. The van der Waals surface area contributed by atoms with Crippen LogP contribution in [0.5, 0.6) is 5.75 Å². The second kappa shape index (κ2) is 12.3. The first-order chi connectivity index (χ1) is 19.5. The lowest BCUT2D eigenvalue weighted by molar-refractivity contribution is -0.132. The summed E-state index contributed by atoms with van der Waals surface area (Å²) in [4.78, 5) is 31.0. The summed E-state index contributed by atoms with van der Waals surface area (Å²) < 4.78 is 34.5. The number of benzene rings is 2. The van der Waals surface area contributed by atoms with E-state index in [1.165, 1.54) is 6.07 Å². The second-order valence-electron chi connectivity index (χ2n) is 11.2. The van der Waals surface area contributed by atoms with Crippen LogP contribution in [0.3, 0.4) is 0 Å². The van der Waals surface area contributed by atoms with Crippen molar-refractivity contribution in [2.45, 2.75) is 50.2 Å². The van der Waals surface area contributed by atoms with Crippen LogP contribution in [0.15, 0.2) is 35.2 Å². The molecule has 0 aromatic heterocycles. The fourth-order valence-corrected chi connectivity index (χ4v) is 7.81. The SMILES string of the molecule is Cc1cc(S(=O)(=O)N2CCNC(=O)[C@H]2CC(=O)N[C@@H]2CCOc3cc(CN4CCN(C)CC4)ccc32)c(C)cc1Cl. The fraction of sp³-hybridized carbons (Fsp3) is 0.517. The zero-order valence-electron chi connectivity index (χ0n) is 23.8. The van der Waals surface area contributed by atoms with Gasteiger partial charge in [0, 0.05) is 62.8 Å². The Labute approximate surface area is 247 Å². The highest BCUT2D eigenvalue weighted by Crippen LogP contribution is 2.34. The van der Waals surface area contributed by atoms with Crippen LogP contribution in [0.1, 0.15) is 41.1 Å². The van der Waals surface area contributed by atoms with Crippen molar-refractivity contribution in [3.63, 3.8) is 0 Å². The molecule has 10 nitrogen and oxygen atoms in total. The van der Waals surface area contributed by atoms with Gasteiger partial charge in [-0.25, -0.2) is 8.42 Å². The van der Waals surface area contributed by atoms with E-state index in [0.717, 1.165) is 53.9 Å². The summed E-state index contributed by atoms with van der Waals surface area (Å²) >= 11 is 6.19. The number of hydrogen-bond acceptors (Lipinski definition) is 7. The number of ether oxygens (including phenoxy) is 1. The van der Waals surface area contributed by atoms with E-state index in [0.29, 0.717) is 29.2 Å². The lowest BCUT2D eigenvalue weighted by atomic mass is 9.98. The predicted octanol–water partition coefficient (Wildman–Crippen LogP) is 2.22. The number of sulfonamides is 1. The van der Waals surface area contributed by atoms with Gasteiger partial charge in [0.15, 0.2) is 0 Å². The standard InChI is InChI=1S/C29H38ClN5O5S/c1-19-15-27(20(2)14-23(19)30)41(38,39)35-8-7-31-29(37)25(35)17-28(36)32-24-6-13-40-26-16-21(4-5-22(24)26)18-34-11-9-33(3)10-12-34/h4-5,14-16,24-25H,6-13,17-18H2,1-3H3,(H,31,37)(H,32,36)/t24-,25-/m1/s1. The third-order valence-corrected chi connectivity index (χ3v) is 10.6. The van der Waals surface area contributed by atoms with Crippen LogP contribution in [-0.4, -0.2) is 93.3 Å². The molecule has 2 atom stereocenters. The second-order valence-corrected chi connectivity index (χ2v) is 13.5. The van der Waals surface area contributed by atoms with E-state index < -0.39 is 27.9 Å². The van der Waals surface area contributed by atoms with Gasteiger partial charge in [-0.1, -0.05) is 23.7 Å². The summed E-state index contributed by atoms with van der Waals surface area (Å²) in [6.45, 7) is 9.08. The number of aryl methyl sites for hydroxylation is 2. The summed E-state index contributed by atoms with van der Waals surface area (Å²) in [7, 11) is -1.92. The molecule has 12 heteroatoms. The summed E-state index contributed by atoms with van der Waals surface area (Å²) in [6, 6.07) is 7.80. The van der Waals surface area contributed by atoms with Crippen molar-refractivity contribution in [2.75, 3.05) is 52.9 Å². The molecule has 5 rings (SSSR count). The third-order valence-electron chi connectivity index (χ3n) is 8.16. The number of rotatable bonds is 7. The molecule has 2 aromatic rings. The first kappa shape index (κ1) is 29.8. The van der Waals surface area contributed by atoms with E-state index in [9.17, 15) is 18.0 Å². The zero-order valence-corrected chi connectivity index (χ0v) is 25.4. The number of likely N-dealkylation sites (N-methyl/N-ethyl adjacent to an activating group) is 1. The first-order valence-corrected chi connectivity index (χ1v) is 15.9. The number of halogens is 1. The quantitative estimate of drug-likeness (QED) is 0.499. The predicted molar refractivity (Wildman–Crippen MR) is 156 cm³/mol. The van der Waals surface area contributed by atoms with E-state index in [1.54, 1.807) is 19.9 Å². The van der Waals surface area contributed by atoms with Gasteiger partial charge in [0.25, 0.3) is 0 Å². The van der Waals surface area contributed by atoms with Crippen molar-refractivity contribution >= 4 is 33.4 Å². The van der Waals surface area contributed by atoms with Gasteiger partial charge in [-0.05, 0) is 55.8 Å². The van der Waals surface area contributed by atoms with Gasteiger partial charge < -0.3 is 20.3 Å². The van der Waals surface area contributed by atoms with E-state index in [1.807, 2.05) is 12.1 Å². The number of amides is 2. The van der Waals surface area contributed by atoms with Crippen LogP contribution >= 0.6 is 11.6 Å². The highest BCUT2D eigenvalue weighted by atomic mass is 35.5. The van der Waals surface area contributed by atoms with Crippen LogP contribution in [0.2, 0.25) is 5.02 Å². The Morgan fingerprint density at radius 1 is 1.10 bits per heavy atom. The molecule has 3 heterocycles. The summed E-state index contributed by atoms with van der Waals surface area (Å²) in [5.74, 6) is -0.128. The fourth-order valence-electron chi connectivity index (χ4n) is 5.71. The Kier molecular flexibility index (Phi) is 8.91. The molecule has 2 fully saturated rings. The summed E-state index contributed by atoms with van der Waals surface area (Å²) in [5.41, 5.74) is 3.15. The monoisotopic (exact) mass is 603 g/mol. The summed E-state index contributed by atoms with van der Waals surface area (Å²) in [5, 5.41) is 6.22. The molecule has 41 heavy (non-hydrogen) atoms. The summed E-state index contributed by atoms with van der Waals surface area (Å²) in [6.07, 6.45) is 0.295. The Morgan fingerprint density at radius 2 is 1.85 bits per heavy atom. The van der Waals surface area contributed by atoms with Gasteiger partial charge in [0.1, 0.15) is 11.8 Å². The van der Waals surface area contributed by atoms with Crippen molar-refractivity contribution < 1.29 is 22.7 Å². The molecule has 222 valence electrons. The lowest BCUT2D eigenvalue weighted by Crippen LogP contribution is -2.58. The molecular weight excluding hydrogens is 566 g/mol. The molecule has 2 saturated heterocycles. The van der Waals surface area contributed by atoms with Crippen LogP contribution in [0.4, 0.5) is 0 Å². The molecule has 2 aromatic carbocycles. The van der Waals surface area contributed by atoms with Gasteiger partial charge in [0.05, 0.1) is 24.0 Å². The zero-order chi connectivity index (χ0) is 29.3. The Hall–Kier alpha value is -2.70. The van der Waals surface area contributed by atoms with Crippen LogP contribution in [-0.2, 0) is 26.2 Å². The largest absolute Gasteiger partial charge is 0.493 e. The number of nitrogens with one attached hydrogen (secondary N) is 2. The third kappa shape index (κ3) is 6.54. The van der Waals surface area contributed by atoms with Crippen molar-refractivity contribution in [3.05, 3.63) is 57.6 Å². The number of nitrogens with zero attached hydrogens (tertiary/aromatic N) is 3.